The molecule has 0 N–H and O–H groups in total. The van der Waals surface area contributed by atoms with Crippen molar-refractivity contribution in [3.63, 3.8) is 0 Å². The van der Waals surface area contributed by atoms with Gasteiger partial charge < -0.3 is 4.74 Å². The smallest absolute Gasteiger partial charge is 0.405 e. The summed E-state index contributed by atoms with van der Waals surface area (Å²) in [5, 5.41) is 10.4. The maximum absolute atomic E-state index is 12.0. The highest BCUT2D eigenvalue weighted by Crippen LogP contribution is 2.29. The SMILES string of the molecule is CC(=O)c1cc([N+](=O)[O-])ccc1OC(F)(F)F. The fourth-order valence-electron chi connectivity index (χ4n) is 1.12. The van der Waals surface area contributed by atoms with Crippen LogP contribution in [0.3, 0.4) is 0 Å². The molecule has 5 nitrogen and oxygen atoms in total. The van der Waals surface area contributed by atoms with Gasteiger partial charge in [-0.25, -0.2) is 0 Å². The number of non-ortho nitro benzene ring substituents is 1. The average molecular weight is 249 g/mol. The van der Waals surface area contributed by atoms with E-state index in [-0.39, 0.29) is 0 Å². The van der Waals surface area contributed by atoms with Crippen LogP contribution in [0, 0.1) is 10.1 Å². The molecule has 0 fully saturated rings. The highest BCUT2D eigenvalue weighted by atomic mass is 19.4. The van der Waals surface area contributed by atoms with Crippen molar-refractivity contribution >= 4 is 11.5 Å². The van der Waals surface area contributed by atoms with Gasteiger partial charge >= 0.3 is 6.36 Å². The van der Waals surface area contributed by atoms with Crippen LogP contribution in [0.25, 0.3) is 0 Å². The average Bonchev–Trinajstić information content (AvgIpc) is 2.14. The molecule has 92 valence electrons. The molecule has 0 aliphatic carbocycles. The molecule has 0 spiro atoms. The van der Waals surface area contributed by atoms with Crippen LogP contribution in [0.4, 0.5) is 18.9 Å². The number of Topliss-reactive ketones (excluding diaryl/α,β-unsaturated/α-hetero) is 1. The van der Waals surface area contributed by atoms with Crippen LogP contribution in [0.15, 0.2) is 18.2 Å². The number of nitro groups is 1. The Balaban J connectivity index is 3.23. The van der Waals surface area contributed by atoms with Crippen LogP contribution in [0.2, 0.25) is 0 Å². The summed E-state index contributed by atoms with van der Waals surface area (Å²) in [7, 11) is 0. The topological polar surface area (TPSA) is 69.4 Å². The van der Waals surface area contributed by atoms with Crippen LogP contribution in [0.1, 0.15) is 17.3 Å². The van der Waals surface area contributed by atoms with Gasteiger partial charge in [-0.3, -0.25) is 14.9 Å². The molecule has 0 aliphatic heterocycles. The van der Waals surface area contributed by atoms with E-state index in [0.717, 1.165) is 25.1 Å². The number of nitro benzene ring substituents is 1. The first kappa shape index (κ1) is 12.9. The van der Waals surface area contributed by atoms with Gasteiger partial charge in [0.1, 0.15) is 5.75 Å². The fourth-order valence-corrected chi connectivity index (χ4v) is 1.12. The first-order valence-electron chi connectivity index (χ1n) is 4.26. The van der Waals surface area contributed by atoms with E-state index in [2.05, 4.69) is 4.74 Å². The maximum Gasteiger partial charge on any atom is 0.573 e. The Morgan fingerprint density at radius 3 is 2.41 bits per heavy atom. The Kier molecular flexibility index (Phi) is 3.35. The monoisotopic (exact) mass is 249 g/mol. The van der Waals surface area contributed by atoms with E-state index in [0.29, 0.717) is 0 Å². The summed E-state index contributed by atoms with van der Waals surface area (Å²) >= 11 is 0. The van der Waals surface area contributed by atoms with Gasteiger partial charge in [-0.05, 0) is 13.0 Å². The minimum Gasteiger partial charge on any atom is -0.405 e. The Hall–Kier alpha value is -2.12. The molecule has 17 heavy (non-hydrogen) atoms. The van der Waals surface area contributed by atoms with Crippen LogP contribution in [-0.4, -0.2) is 17.1 Å². The number of benzene rings is 1. The minimum absolute atomic E-state index is 0.482. The van der Waals surface area contributed by atoms with Crippen molar-refractivity contribution in [3.8, 4) is 5.75 Å². The van der Waals surface area contributed by atoms with E-state index in [1.165, 1.54) is 0 Å². The zero-order valence-corrected chi connectivity index (χ0v) is 8.45. The highest BCUT2D eigenvalue weighted by molar-refractivity contribution is 5.97. The van der Waals surface area contributed by atoms with Crippen LogP contribution < -0.4 is 4.74 Å². The van der Waals surface area contributed by atoms with Gasteiger partial charge in [0.15, 0.2) is 5.78 Å². The van der Waals surface area contributed by atoms with E-state index < -0.39 is 34.1 Å². The van der Waals surface area contributed by atoms with Gasteiger partial charge in [-0.2, -0.15) is 0 Å². The van der Waals surface area contributed by atoms with Gasteiger partial charge in [-0.15, -0.1) is 13.2 Å². The molecule has 0 saturated carbocycles. The molecular weight excluding hydrogens is 243 g/mol. The number of carbonyl (C=O) groups excluding carboxylic acids is 1. The van der Waals surface area contributed by atoms with Crippen LogP contribution in [-0.2, 0) is 0 Å². The summed E-state index contributed by atoms with van der Waals surface area (Å²) in [6, 6.07) is 2.30. The molecule has 0 atom stereocenters. The summed E-state index contributed by atoms with van der Waals surface area (Å²) in [5.41, 5.74) is -0.971. The van der Waals surface area contributed by atoms with Crippen molar-refractivity contribution in [2.24, 2.45) is 0 Å². The number of rotatable bonds is 3. The Morgan fingerprint density at radius 1 is 1.41 bits per heavy atom. The number of ketones is 1. The third kappa shape index (κ3) is 3.44. The summed E-state index contributed by atoms with van der Waals surface area (Å²) in [6.07, 6.45) is -4.96. The number of nitrogens with zero attached hydrogens (tertiary/aromatic N) is 1. The lowest BCUT2D eigenvalue weighted by Gasteiger charge is -2.11. The van der Waals surface area contributed by atoms with Gasteiger partial charge in [0.25, 0.3) is 5.69 Å². The van der Waals surface area contributed by atoms with Gasteiger partial charge in [0.2, 0.25) is 0 Å². The Labute approximate surface area is 93.0 Å². The predicted molar refractivity (Wildman–Crippen MR) is 49.8 cm³/mol. The summed E-state index contributed by atoms with van der Waals surface area (Å²) in [5.74, 6) is -1.51. The summed E-state index contributed by atoms with van der Waals surface area (Å²) < 4.78 is 39.5. The lowest BCUT2D eigenvalue weighted by Crippen LogP contribution is -2.18. The second-order valence-electron chi connectivity index (χ2n) is 3.04. The Morgan fingerprint density at radius 2 is 2.00 bits per heavy atom. The van der Waals surface area contributed by atoms with Gasteiger partial charge in [0.05, 0.1) is 10.5 Å². The summed E-state index contributed by atoms with van der Waals surface area (Å²) in [4.78, 5) is 20.6. The quantitative estimate of drug-likeness (QED) is 0.469. The van der Waals surface area contributed by atoms with Crippen molar-refractivity contribution in [1.29, 1.82) is 0 Å². The number of hydrogen-bond donors (Lipinski definition) is 0. The second-order valence-corrected chi connectivity index (χ2v) is 3.04. The third-order valence-electron chi connectivity index (χ3n) is 1.78. The molecular formula is C9H6F3NO4. The zero-order valence-electron chi connectivity index (χ0n) is 8.45. The fraction of sp³-hybridized carbons (Fsp3) is 0.222. The molecule has 1 aromatic carbocycles. The largest absolute Gasteiger partial charge is 0.573 e. The van der Waals surface area contributed by atoms with Crippen molar-refractivity contribution in [3.05, 3.63) is 33.9 Å². The van der Waals surface area contributed by atoms with Crippen molar-refractivity contribution in [2.75, 3.05) is 0 Å². The second kappa shape index (κ2) is 4.40. The zero-order chi connectivity index (χ0) is 13.2. The maximum atomic E-state index is 12.0. The molecule has 0 saturated heterocycles. The molecule has 0 aromatic heterocycles. The van der Waals surface area contributed by atoms with Crippen molar-refractivity contribution in [1.82, 2.24) is 0 Å². The molecule has 1 rings (SSSR count). The van der Waals surface area contributed by atoms with Crippen LogP contribution in [0.5, 0.6) is 5.75 Å². The van der Waals surface area contributed by atoms with Crippen molar-refractivity contribution < 1.29 is 27.6 Å². The first-order valence-corrected chi connectivity index (χ1v) is 4.26. The normalized spacial score (nSPS) is 11.1. The standard InChI is InChI=1S/C9H6F3NO4/c1-5(14)7-4-6(13(15)16)2-3-8(7)17-9(10,11)12/h2-4H,1H3. The number of halogens is 3. The molecule has 0 unspecified atom stereocenters. The van der Waals surface area contributed by atoms with E-state index in [1.54, 1.807) is 0 Å². The number of hydrogen-bond acceptors (Lipinski definition) is 4. The predicted octanol–water partition coefficient (Wildman–Crippen LogP) is 2.70. The van der Waals surface area contributed by atoms with Crippen LogP contribution >= 0.6 is 0 Å². The minimum atomic E-state index is -4.96. The van der Waals surface area contributed by atoms with E-state index >= 15 is 0 Å². The highest BCUT2D eigenvalue weighted by Gasteiger charge is 2.33. The lowest BCUT2D eigenvalue weighted by atomic mass is 10.1. The van der Waals surface area contributed by atoms with E-state index in [1.807, 2.05) is 0 Å². The molecule has 0 heterocycles. The van der Waals surface area contributed by atoms with Gasteiger partial charge in [0, 0.05) is 12.1 Å². The molecule has 0 amide bonds. The number of alkyl halides is 3. The molecule has 0 radical (unpaired) electrons. The molecule has 0 aliphatic rings. The molecule has 8 heteroatoms. The number of carbonyl (C=O) groups is 1. The van der Waals surface area contributed by atoms with Gasteiger partial charge in [-0.1, -0.05) is 0 Å². The summed E-state index contributed by atoms with van der Waals surface area (Å²) in [6.45, 7) is 0.988. The van der Waals surface area contributed by atoms with E-state index in [4.69, 9.17) is 0 Å². The lowest BCUT2D eigenvalue weighted by molar-refractivity contribution is -0.385. The molecule has 1 aromatic rings. The van der Waals surface area contributed by atoms with E-state index in [9.17, 15) is 28.1 Å². The third-order valence-corrected chi connectivity index (χ3v) is 1.78. The van der Waals surface area contributed by atoms with Crippen molar-refractivity contribution in [2.45, 2.75) is 13.3 Å². The number of ether oxygens (including phenoxy) is 1. The Bertz CT molecular complexity index is 470. The first-order chi connectivity index (χ1) is 7.70. The molecule has 0 bridgehead atoms.